The molecule has 0 fully saturated rings. The van der Waals surface area contributed by atoms with E-state index in [1.165, 1.54) is 0 Å². The highest BCUT2D eigenvalue weighted by Gasteiger charge is 2.24. The normalized spacial score (nSPS) is 13.2. The minimum atomic E-state index is -0.576. The number of nitrogens with one attached hydrogen (secondary N) is 1. The van der Waals surface area contributed by atoms with Gasteiger partial charge in [0.1, 0.15) is 22.7 Å². The van der Waals surface area contributed by atoms with Gasteiger partial charge in [-0.1, -0.05) is 23.2 Å². The maximum atomic E-state index is 12.0. The number of carbonyl (C=O) groups excluding carboxylic acids is 1. The Morgan fingerprint density at radius 3 is 2.52 bits per heavy atom. The molecule has 1 heterocycles. The summed E-state index contributed by atoms with van der Waals surface area (Å²) in [6.07, 6.45) is 0. The van der Waals surface area contributed by atoms with Gasteiger partial charge in [-0.25, -0.2) is 4.79 Å². The van der Waals surface area contributed by atoms with Gasteiger partial charge in [-0.3, -0.25) is 0 Å². The van der Waals surface area contributed by atoms with Crippen molar-refractivity contribution in [2.45, 2.75) is 39.3 Å². The predicted octanol–water partition coefficient (Wildman–Crippen LogP) is 4.14. The van der Waals surface area contributed by atoms with Crippen molar-refractivity contribution >= 4 is 57.6 Å². The average Bonchev–Trinajstić information content (AvgIpc) is 2.81. The van der Waals surface area contributed by atoms with E-state index < -0.39 is 11.6 Å². The van der Waals surface area contributed by atoms with Crippen molar-refractivity contribution in [1.82, 2.24) is 8.75 Å². The van der Waals surface area contributed by atoms with E-state index >= 15 is 0 Å². The number of aromatic nitrogens is 2. The van der Waals surface area contributed by atoms with Crippen molar-refractivity contribution in [1.29, 1.82) is 0 Å². The minimum absolute atomic E-state index is 0.371. The Balaban J connectivity index is 2.28. The van der Waals surface area contributed by atoms with Crippen LogP contribution in [0.4, 0.5) is 5.69 Å². The van der Waals surface area contributed by atoms with E-state index in [2.05, 4.69) is 14.1 Å². The first-order chi connectivity index (χ1) is 9.69. The maximum absolute atomic E-state index is 12.0. The Labute approximate surface area is 136 Å². The fourth-order valence-corrected chi connectivity index (χ4v) is 2.84. The second-order valence-electron chi connectivity index (χ2n) is 5.58. The lowest BCUT2D eigenvalue weighted by atomic mass is 10.2. The molecule has 114 valence electrons. The van der Waals surface area contributed by atoms with Crippen LogP contribution in [0.5, 0.6) is 0 Å². The molecule has 1 N–H and O–H groups in total. The maximum Gasteiger partial charge on any atom is 0.328 e. The van der Waals surface area contributed by atoms with Crippen LogP contribution in [0.1, 0.15) is 27.7 Å². The Morgan fingerprint density at radius 1 is 1.29 bits per heavy atom. The van der Waals surface area contributed by atoms with Crippen molar-refractivity contribution in [2.75, 3.05) is 5.32 Å². The van der Waals surface area contributed by atoms with Crippen LogP contribution in [0.25, 0.3) is 11.0 Å². The minimum Gasteiger partial charge on any atom is -0.458 e. The highest BCUT2D eigenvalue weighted by molar-refractivity contribution is 7.00. The Bertz CT molecular complexity index is 682. The van der Waals surface area contributed by atoms with E-state index in [9.17, 15) is 4.79 Å². The number of fused-ring (bicyclic) bond motifs is 1. The number of benzene rings is 1. The van der Waals surface area contributed by atoms with E-state index in [4.69, 9.17) is 27.9 Å². The highest BCUT2D eigenvalue weighted by Crippen LogP contribution is 2.35. The van der Waals surface area contributed by atoms with Crippen LogP contribution in [0.3, 0.4) is 0 Å². The number of hydrogen-bond acceptors (Lipinski definition) is 6. The summed E-state index contributed by atoms with van der Waals surface area (Å²) < 4.78 is 13.6. The van der Waals surface area contributed by atoms with E-state index in [0.717, 1.165) is 11.7 Å². The number of anilines is 1. The third-order valence-corrected chi connectivity index (χ3v) is 3.68. The van der Waals surface area contributed by atoms with Gasteiger partial charge in [0.15, 0.2) is 0 Å². The molecule has 8 heteroatoms. The van der Waals surface area contributed by atoms with Crippen molar-refractivity contribution in [3.05, 3.63) is 16.1 Å². The molecule has 0 amide bonds. The number of nitrogens with zero attached hydrogens (tertiary/aromatic N) is 2. The van der Waals surface area contributed by atoms with Gasteiger partial charge in [-0.15, -0.1) is 0 Å². The monoisotopic (exact) mass is 347 g/mol. The van der Waals surface area contributed by atoms with E-state index in [1.54, 1.807) is 13.0 Å². The molecule has 0 saturated heterocycles. The summed E-state index contributed by atoms with van der Waals surface area (Å²) >= 11 is 13.3. The Morgan fingerprint density at radius 2 is 1.90 bits per heavy atom. The second kappa shape index (κ2) is 5.94. The van der Waals surface area contributed by atoms with E-state index in [0.29, 0.717) is 26.8 Å². The molecule has 1 aromatic carbocycles. The molecule has 0 saturated carbocycles. The van der Waals surface area contributed by atoms with Crippen LogP contribution in [-0.4, -0.2) is 26.4 Å². The number of rotatable bonds is 3. The fraction of sp³-hybridized carbons (Fsp3) is 0.462. The largest absolute Gasteiger partial charge is 0.458 e. The van der Waals surface area contributed by atoms with Crippen molar-refractivity contribution in [3.8, 4) is 0 Å². The van der Waals surface area contributed by atoms with Gasteiger partial charge < -0.3 is 10.1 Å². The van der Waals surface area contributed by atoms with Crippen LogP contribution < -0.4 is 5.32 Å². The molecule has 0 radical (unpaired) electrons. The van der Waals surface area contributed by atoms with Gasteiger partial charge >= 0.3 is 5.97 Å². The van der Waals surface area contributed by atoms with Crippen molar-refractivity contribution in [3.63, 3.8) is 0 Å². The molecule has 1 unspecified atom stereocenters. The van der Waals surface area contributed by atoms with Gasteiger partial charge in [-0.2, -0.15) is 8.75 Å². The number of esters is 1. The van der Waals surface area contributed by atoms with Crippen LogP contribution in [-0.2, 0) is 9.53 Å². The lowest BCUT2D eigenvalue weighted by Crippen LogP contribution is -2.34. The SMILES string of the molecule is CC(Nc1c(Cl)cc(Cl)c2nsnc12)C(=O)OC(C)(C)C. The zero-order valence-electron chi connectivity index (χ0n) is 12.0. The van der Waals surface area contributed by atoms with Gasteiger partial charge in [0.25, 0.3) is 0 Å². The zero-order chi connectivity index (χ0) is 15.8. The van der Waals surface area contributed by atoms with Gasteiger partial charge in [0, 0.05) is 0 Å². The molecule has 0 aliphatic heterocycles. The number of halogens is 2. The first-order valence-electron chi connectivity index (χ1n) is 6.28. The van der Waals surface area contributed by atoms with Crippen LogP contribution in [0.2, 0.25) is 10.0 Å². The van der Waals surface area contributed by atoms with Crippen LogP contribution >= 0.6 is 34.9 Å². The standard InChI is InChI=1S/C13H15Cl2N3O2S/c1-6(12(19)20-13(2,3)4)16-9-7(14)5-8(15)10-11(9)18-21-17-10/h5-6,16H,1-4H3. The predicted molar refractivity (Wildman–Crippen MR) is 86.4 cm³/mol. The lowest BCUT2D eigenvalue weighted by molar-refractivity contribution is -0.155. The summed E-state index contributed by atoms with van der Waals surface area (Å²) in [5, 5.41) is 3.84. The molecule has 5 nitrogen and oxygen atoms in total. The van der Waals surface area contributed by atoms with Gasteiger partial charge in [0.05, 0.1) is 27.5 Å². The van der Waals surface area contributed by atoms with Crippen molar-refractivity contribution in [2.24, 2.45) is 0 Å². The van der Waals surface area contributed by atoms with Gasteiger partial charge in [0.2, 0.25) is 0 Å². The molecule has 0 aliphatic carbocycles. The van der Waals surface area contributed by atoms with Crippen LogP contribution in [0.15, 0.2) is 6.07 Å². The smallest absolute Gasteiger partial charge is 0.328 e. The molecular formula is C13H15Cl2N3O2S. The Kier molecular flexibility index (Phi) is 4.60. The average molecular weight is 348 g/mol. The number of ether oxygens (including phenoxy) is 1. The summed E-state index contributed by atoms with van der Waals surface area (Å²) in [7, 11) is 0. The third-order valence-electron chi connectivity index (χ3n) is 2.57. The third kappa shape index (κ3) is 3.75. The second-order valence-corrected chi connectivity index (χ2v) is 6.92. The van der Waals surface area contributed by atoms with E-state index in [1.807, 2.05) is 20.8 Å². The summed E-state index contributed by atoms with van der Waals surface area (Å²) in [6, 6.07) is 1.00. The molecule has 2 rings (SSSR count). The number of hydrogen-bond donors (Lipinski definition) is 1. The van der Waals surface area contributed by atoms with E-state index in [-0.39, 0.29) is 5.97 Å². The first-order valence-corrected chi connectivity index (χ1v) is 7.77. The first kappa shape index (κ1) is 16.3. The highest BCUT2D eigenvalue weighted by atomic mass is 35.5. The molecule has 1 aromatic heterocycles. The fourth-order valence-electron chi connectivity index (χ4n) is 1.68. The summed E-state index contributed by atoms with van der Waals surface area (Å²) in [5.41, 5.74) is 1.09. The molecular weight excluding hydrogens is 333 g/mol. The summed E-state index contributed by atoms with van der Waals surface area (Å²) in [4.78, 5) is 12.0. The molecule has 0 aliphatic rings. The molecule has 2 aromatic rings. The zero-order valence-corrected chi connectivity index (χ0v) is 14.4. The summed E-state index contributed by atoms with van der Waals surface area (Å²) in [6.45, 7) is 7.14. The molecule has 21 heavy (non-hydrogen) atoms. The molecule has 0 bridgehead atoms. The quantitative estimate of drug-likeness (QED) is 0.845. The topological polar surface area (TPSA) is 64.1 Å². The molecule has 1 atom stereocenters. The van der Waals surface area contributed by atoms with Gasteiger partial charge in [-0.05, 0) is 33.8 Å². The molecule has 0 spiro atoms. The van der Waals surface area contributed by atoms with Crippen molar-refractivity contribution < 1.29 is 9.53 Å². The Hall–Kier alpha value is -1.11. The summed E-state index contributed by atoms with van der Waals surface area (Å²) in [5.74, 6) is -0.371. The number of carbonyl (C=O) groups is 1. The van der Waals surface area contributed by atoms with Crippen LogP contribution in [0, 0.1) is 0 Å². The lowest BCUT2D eigenvalue weighted by Gasteiger charge is -2.23.